The summed E-state index contributed by atoms with van der Waals surface area (Å²) in [5.74, 6) is -4.12. The first-order chi connectivity index (χ1) is 15.3. The lowest BCUT2D eigenvalue weighted by molar-refractivity contribution is -0.144. The molecule has 164 valence electrons. The molecule has 3 N–H and O–H groups in total. The molecule has 3 heterocycles. The maximum atomic E-state index is 13.6. The number of hydrogen-bond acceptors (Lipinski definition) is 5. The first-order valence-electron chi connectivity index (χ1n) is 10.3. The molecule has 1 spiro atoms. The lowest BCUT2D eigenvalue weighted by atomic mass is 9.76. The largest absolute Gasteiger partial charge is 0.481 e. The number of anilines is 1. The summed E-state index contributed by atoms with van der Waals surface area (Å²) in [6.07, 6.45) is -0.0706. The number of carboxylic acids is 1. The molecular formula is C23H20ClN3O5. The van der Waals surface area contributed by atoms with Gasteiger partial charge in [0.2, 0.25) is 17.7 Å². The van der Waals surface area contributed by atoms with Gasteiger partial charge in [-0.05, 0) is 24.1 Å². The van der Waals surface area contributed by atoms with Gasteiger partial charge in [0.05, 0.1) is 18.4 Å². The molecule has 3 amide bonds. The number of benzene rings is 2. The highest BCUT2D eigenvalue weighted by atomic mass is 35.5. The molecule has 4 atom stereocenters. The summed E-state index contributed by atoms with van der Waals surface area (Å²) in [5.41, 5.74) is 0.370. The van der Waals surface area contributed by atoms with Crippen LogP contribution in [0.5, 0.6) is 0 Å². The summed E-state index contributed by atoms with van der Waals surface area (Å²) in [7, 11) is 0. The van der Waals surface area contributed by atoms with Crippen molar-refractivity contribution in [1.82, 2.24) is 10.2 Å². The van der Waals surface area contributed by atoms with Crippen molar-refractivity contribution >= 4 is 41.0 Å². The Bertz CT molecular complexity index is 1170. The minimum absolute atomic E-state index is 0.00463. The van der Waals surface area contributed by atoms with Crippen molar-refractivity contribution in [2.24, 2.45) is 11.8 Å². The smallest absolute Gasteiger partial charge is 0.303 e. The Morgan fingerprint density at radius 2 is 1.78 bits per heavy atom. The second-order valence-corrected chi connectivity index (χ2v) is 8.76. The van der Waals surface area contributed by atoms with Crippen LogP contribution in [0.1, 0.15) is 24.0 Å². The number of nitrogens with one attached hydrogen (secondary N) is 2. The summed E-state index contributed by atoms with van der Waals surface area (Å²) < 4.78 is 0. The monoisotopic (exact) mass is 453 g/mol. The second-order valence-electron chi connectivity index (χ2n) is 8.35. The van der Waals surface area contributed by atoms with Gasteiger partial charge in [0.25, 0.3) is 0 Å². The molecule has 5 rings (SSSR count). The number of nitrogens with zero attached hydrogens (tertiary/aromatic N) is 1. The van der Waals surface area contributed by atoms with Crippen molar-refractivity contribution in [2.75, 3.05) is 5.32 Å². The van der Waals surface area contributed by atoms with Gasteiger partial charge < -0.3 is 10.4 Å². The van der Waals surface area contributed by atoms with Gasteiger partial charge in [-0.25, -0.2) is 0 Å². The minimum atomic E-state index is -1.42. The average molecular weight is 454 g/mol. The van der Waals surface area contributed by atoms with Crippen LogP contribution < -0.4 is 10.6 Å². The van der Waals surface area contributed by atoms with Crippen LogP contribution in [0.15, 0.2) is 48.5 Å². The molecule has 2 aromatic carbocycles. The molecule has 3 aliphatic rings. The van der Waals surface area contributed by atoms with Crippen molar-refractivity contribution in [2.45, 2.75) is 31.0 Å². The van der Waals surface area contributed by atoms with Gasteiger partial charge in [0.15, 0.2) is 0 Å². The lowest BCUT2D eigenvalue weighted by Crippen LogP contribution is -2.53. The number of para-hydroxylation sites is 1. The van der Waals surface area contributed by atoms with Gasteiger partial charge in [0.1, 0.15) is 5.54 Å². The molecule has 0 aromatic heterocycles. The van der Waals surface area contributed by atoms with Crippen molar-refractivity contribution in [1.29, 1.82) is 0 Å². The third-order valence-electron chi connectivity index (χ3n) is 6.67. The standard InChI is InChI=1S/C23H20ClN3O5/c24-14-7-3-1-5-12(14)11-27-20(30)18-16(9-10-17(28)29)26-23(19(18)21(27)31)13-6-2-4-8-15(13)25-22(23)32/h1-8,16,18-19,26H,9-11H2,(H,25,32)(H,28,29)/t16-,18-,19-,23-/m0/s1. The fourth-order valence-corrected chi connectivity index (χ4v) is 5.49. The number of imide groups is 1. The highest BCUT2D eigenvalue weighted by Gasteiger charge is 2.70. The Kier molecular flexibility index (Phi) is 4.79. The van der Waals surface area contributed by atoms with Gasteiger partial charge in [-0.15, -0.1) is 0 Å². The maximum Gasteiger partial charge on any atom is 0.303 e. The number of rotatable bonds is 5. The number of aliphatic carboxylic acids is 1. The number of hydrogen-bond donors (Lipinski definition) is 3. The van der Waals surface area contributed by atoms with Crippen LogP contribution in [0, 0.1) is 11.8 Å². The molecule has 2 saturated heterocycles. The van der Waals surface area contributed by atoms with Crippen LogP contribution in [-0.4, -0.2) is 39.7 Å². The molecule has 3 aliphatic heterocycles. The maximum absolute atomic E-state index is 13.6. The van der Waals surface area contributed by atoms with E-state index in [1.807, 2.05) is 0 Å². The van der Waals surface area contributed by atoms with E-state index >= 15 is 0 Å². The topological polar surface area (TPSA) is 116 Å². The predicted molar refractivity (Wildman–Crippen MR) is 115 cm³/mol. The first kappa shape index (κ1) is 20.7. The summed E-state index contributed by atoms with van der Waals surface area (Å²) in [6, 6.07) is 13.4. The van der Waals surface area contributed by atoms with E-state index < -0.39 is 47.1 Å². The fourth-order valence-electron chi connectivity index (χ4n) is 5.30. The van der Waals surface area contributed by atoms with Gasteiger partial charge in [-0.2, -0.15) is 0 Å². The molecule has 0 radical (unpaired) electrons. The number of likely N-dealkylation sites (tertiary alicyclic amines) is 1. The zero-order valence-corrected chi connectivity index (χ0v) is 17.6. The SMILES string of the molecule is O=C(O)CC[C@@H]1N[C@]2(C(=O)Nc3ccccc32)[C@@H]2C(=O)N(Cc3ccccc3Cl)C(=O)[C@@H]12. The fraction of sp³-hybridized carbons (Fsp3) is 0.304. The highest BCUT2D eigenvalue weighted by Crippen LogP contribution is 2.53. The van der Waals surface area contributed by atoms with Crippen LogP contribution in [0.2, 0.25) is 5.02 Å². The molecule has 8 nitrogen and oxygen atoms in total. The molecule has 9 heteroatoms. The number of carboxylic acid groups (broad SMARTS) is 1. The normalized spacial score (nSPS) is 28.2. The van der Waals surface area contributed by atoms with E-state index in [9.17, 15) is 24.3 Å². The molecule has 0 aliphatic carbocycles. The van der Waals surface area contributed by atoms with E-state index in [4.69, 9.17) is 11.6 Å². The van der Waals surface area contributed by atoms with Crippen LogP contribution in [0.25, 0.3) is 0 Å². The van der Waals surface area contributed by atoms with Crippen molar-refractivity contribution in [3.05, 3.63) is 64.7 Å². The molecule has 0 saturated carbocycles. The second kappa shape index (κ2) is 7.43. The lowest BCUT2D eigenvalue weighted by Gasteiger charge is -2.29. The third kappa shape index (κ3) is 2.87. The van der Waals surface area contributed by atoms with E-state index in [-0.39, 0.29) is 19.4 Å². The Labute approximate surface area is 188 Å². The van der Waals surface area contributed by atoms with E-state index in [1.165, 1.54) is 0 Å². The summed E-state index contributed by atoms with van der Waals surface area (Å²) in [4.78, 5) is 52.8. The number of carbonyl (C=O) groups is 4. The summed E-state index contributed by atoms with van der Waals surface area (Å²) in [5, 5.41) is 15.7. The first-order valence-corrected chi connectivity index (χ1v) is 10.7. The Balaban J connectivity index is 1.58. The van der Waals surface area contributed by atoms with Gasteiger partial charge >= 0.3 is 5.97 Å². The van der Waals surface area contributed by atoms with E-state index in [0.29, 0.717) is 21.8 Å². The van der Waals surface area contributed by atoms with Crippen LogP contribution >= 0.6 is 11.6 Å². The van der Waals surface area contributed by atoms with Crippen molar-refractivity contribution in [3.63, 3.8) is 0 Å². The third-order valence-corrected chi connectivity index (χ3v) is 7.04. The average Bonchev–Trinajstić information content (AvgIpc) is 3.34. The minimum Gasteiger partial charge on any atom is -0.481 e. The summed E-state index contributed by atoms with van der Waals surface area (Å²) >= 11 is 6.25. The molecule has 32 heavy (non-hydrogen) atoms. The number of halogens is 1. The Morgan fingerprint density at radius 1 is 1.06 bits per heavy atom. The number of carbonyl (C=O) groups excluding carboxylic acids is 3. The quantitative estimate of drug-likeness (QED) is 0.597. The van der Waals surface area contributed by atoms with Crippen LogP contribution in [0.3, 0.4) is 0 Å². The van der Waals surface area contributed by atoms with Crippen LogP contribution in [-0.2, 0) is 31.3 Å². The number of amides is 3. The summed E-state index contributed by atoms with van der Waals surface area (Å²) in [6.45, 7) is -0.00463. The van der Waals surface area contributed by atoms with E-state index in [2.05, 4.69) is 10.6 Å². The molecule has 2 fully saturated rings. The molecular weight excluding hydrogens is 434 g/mol. The molecule has 2 aromatic rings. The highest BCUT2D eigenvalue weighted by molar-refractivity contribution is 6.31. The van der Waals surface area contributed by atoms with Crippen molar-refractivity contribution in [3.8, 4) is 0 Å². The van der Waals surface area contributed by atoms with E-state index in [0.717, 1.165) is 4.90 Å². The predicted octanol–water partition coefficient (Wildman–Crippen LogP) is 2.13. The van der Waals surface area contributed by atoms with Gasteiger partial charge in [-0.3, -0.25) is 29.4 Å². The van der Waals surface area contributed by atoms with Crippen LogP contribution in [0.4, 0.5) is 5.69 Å². The van der Waals surface area contributed by atoms with Crippen molar-refractivity contribution < 1.29 is 24.3 Å². The number of fused-ring (bicyclic) bond motifs is 4. The zero-order chi connectivity index (χ0) is 22.6. The zero-order valence-electron chi connectivity index (χ0n) is 16.9. The Morgan fingerprint density at radius 3 is 2.53 bits per heavy atom. The van der Waals surface area contributed by atoms with E-state index in [1.54, 1.807) is 48.5 Å². The molecule has 0 unspecified atom stereocenters. The van der Waals surface area contributed by atoms with Gasteiger partial charge in [-0.1, -0.05) is 48.0 Å². The molecule has 0 bridgehead atoms. The van der Waals surface area contributed by atoms with Gasteiger partial charge in [0, 0.05) is 28.7 Å². The Hall–Kier alpha value is -3.23.